The van der Waals surface area contributed by atoms with Gasteiger partial charge in [0.15, 0.2) is 10.9 Å². The summed E-state index contributed by atoms with van der Waals surface area (Å²) in [4.78, 5) is 12.7. The molecule has 3 aromatic rings. The van der Waals surface area contributed by atoms with Gasteiger partial charge in [-0.2, -0.15) is 4.39 Å². The molecule has 2 aromatic heterocycles. The van der Waals surface area contributed by atoms with Crippen LogP contribution in [0.1, 0.15) is 17.5 Å². The molecule has 0 aliphatic carbocycles. The van der Waals surface area contributed by atoms with E-state index < -0.39 is 11.5 Å². The van der Waals surface area contributed by atoms with Crippen LogP contribution < -0.4 is 10.5 Å². The van der Waals surface area contributed by atoms with Crippen LogP contribution in [-0.2, 0) is 5.54 Å². The van der Waals surface area contributed by atoms with Gasteiger partial charge < -0.3 is 10.5 Å². The second-order valence-electron chi connectivity index (χ2n) is 6.57. The molecular weight excluding hydrogens is 399 g/mol. The summed E-state index contributed by atoms with van der Waals surface area (Å²) >= 11 is 7.69. The lowest BCUT2D eigenvalue weighted by Gasteiger charge is -2.39. The van der Waals surface area contributed by atoms with Crippen LogP contribution in [0.2, 0.25) is 5.15 Å². The van der Waals surface area contributed by atoms with Gasteiger partial charge in [-0.3, -0.25) is 0 Å². The van der Waals surface area contributed by atoms with Crippen LogP contribution in [0.4, 0.5) is 4.39 Å². The van der Waals surface area contributed by atoms with Gasteiger partial charge in [-0.15, -0.1) is 0 Å². The summed E-state index contributed by atoms with van der Waals surface area (Å²) in [5.41, 5.74) is 8.12. The Hall–Kier alpha value is -2.64. The maximum atomic E-state index is 14.3. The first kappa shape index (κ1) is 17.5. The van der Waals surface area contributed by atoms with Crippen LogP contribution in [0.15, 0.2) is 53.8 Å². The molecule has 0 unspecified atom stereocenters. The van der Waals surface area contributed by atoms with Gasteiger partial charge in [0.2, 0.25) is 5.95 Å². The Morgan fingerprint density at radius 2 is 2.00 bits per heavy atom. The van der Waals surface area contributed by atoms with E-state index in [-0.39, 0.29) is 0 Å². The Bertz CT molecular complexity index is 1140. The third-order valence-corrected chi connectivity index (χ3v) is 6.01. The van der Waals surface area contributed by atoms with E-state index in [0.717, 1.165) is 16.9 Å². The summed E-state index contributed by atoms with van der Waals surface area (Å²) in [6.07, 6.45) is 3.74. The van der Waals surface area contributed by atoms with Crippen LogP contribution >= 0.6 is 23.4 Å². The molecule has 5 nitrogen and oxygen atoms in total. The minimum absolute atomic E-state index is 0.353. The Morgan fingerprint density at radius 1 is 1.14 bits per heavy atom. The van der Waals surface area contributed by atoms with Crippen molar-refractivity contribution >= 4 is 28.5 Å². The van der Waals surface area contributed by atoms with E-state index in [0.29, 0.717) is 39.4 Å². The Kier molecular flexibility index (Phi) is 4.03. The first-order chi connectivity index (χ1) is 13.6. The summed E-state index contributed by atoms with van der Waals surface area (Å²) in [7, 11) is 0. The van der Waals surface area contributed by atoms with Crippen molar-refractivity contribution in [3.8, 4) is 22.6 Å². The first-order valence-electron chi connectivity index (χ1n) is 8.64. The van der Waals surface area contributed by atoms with Gasteiger partial charge in [-0.25, -0.2) is 15.0 Å². The van der Waals surface area contributed by atoms with Crippen molar-refractivity contribution in [3.05, 3.63) is 71.0 Å². The van der Waals surface area contributed by atoms with Gasteiger partial charge in [0, 0.05) is 28.6 Å². The van der Waals surface area contributed by atoms with E-state index >= 15 is 0 Å². The molecule has 140 valence electrons. The van der Waals surface area contributed by atoms with Crippen molar-refractivity contribution in [2.45, 2.75) is 12.0 Å². The average molecular weight is 413 g/mol. The predicted octanol–water partition coefficient (Wildman–Crippen LogP) is 4.74. The molecule has 0 fully saturated rings. The number of hydrogen-bond acceptors (Lipinski definition) is 6. The fourth-order valence-corrected chi connectivity index (χ4v) is 4.75. The molecule has 8 heteroatoms. The molecule has 4 heterocycles. The third kappa shape index (κ3) is 2.65. The Balaban J connectivity index is 1.78. The predicted molar refractivity (Wildman–Crippen MR) is 108 cm³/mol. The van der Waals surface area contributed by atoms with Gasteiger partial charge in [0.25, 0.3) is 0 Å². The maximum absolute atomic E-state index is 14.3. The Labute approximate surface area is 169 Å². The molecule has 2 aliphatic heterocycles. The molecule has 0 bridgehead atoms. The van der Waals surface area contributed by atoms with E-state index in [4.69, 9.17) is 27.1 Å². The second-order valence-corrected chi connectivity index (χ2v) is 8.07. The number of benzene rings is 1. The number of fused-ring (bicyclic) bond motifs is 4. The zero-order chi connectivity index (χ0) is 19.3. The molecule has 5 rings (SSSR count). The highest BCUT2D eigenvalue weighted by molar-refractivity contribution is 8.13. The molecule has 0 saturated heterocycles. The SMILES string of the molecule is NC1=N[C@]2(CCS1)c1cc(-c3cccnc3F)ccc1Oc1cnc(Cl)cc12. The van der Waals surface area contributed by atoms with Crippen LogP contribution in [0.25, 0.3) is 11.1 Å². The molecule has 2 N–H and O–H groups in total. The molecule has 1 spiro atoms. The third-order valence-electron chi connectivity index (χ3n) is 5.01. The molecule has 28 heavy (non-hydrogen) atoms. The number of amidine groups is 1. The number of aliphatic imine (C=N–C) groups is 1. The average Bonchev–Trinajstić information content (AvgIpc) is 2.69. The molecule has 0 radical (unpaired) electrons. The van der Waals surface area contributed by atoms with E-state index in [2.05, 4.69) is 9.97 Å². The lowest BCUT2D eigenvalue weighted by atomic mass is 9.78. The standard InChI is InChI=1S/C20H14ClFN4OS/c21-17-9-14-16(10-25-17)27-15-4-3-11(12-2-1-6-24-18(12)22)8-13(15)20(14)5-7-28-19(23)26-20/h1-4,6,8-10H,5,7H2,(H2,23,26)/t20-/m1/s1. The number of nitrogens with zero attached hydrogens (tertiary/aromatic N) is 3. The van der Waals surface area contributed by atoms with Crippen LogP contribution in [-0.4, -0.2) is 20.9 Å². The molecule has 1 aromatic carbocycles. The fraction of sp³-hybridized carbons (Fsp3) is 0.150. The van der Waals surface area contributed by atoms with Gasteiger partial charge in [-0.1, -0.05) is 29.4 Å². The molecule has 2 aliphatic rings. The van der Waals surface area contributed by atoms with E-state index in [1.54, 1.807) is 24.4 Å². The quantitative estimate of drug-likeness (QED) is 0.584. The maximum Gasteiger partial charge on any atom is 0.220 e. The lowest BCUT2D eigenvalue weighted by molar-refractivity contribution is 0.389. The number of rotatable bonds is 1. The second kappa shape index (κ2) is 6.46. The van der Waals surface area contributed by atoms with Gasteiger partial charge in [-0.05, 0) is 42.3 Å². The van der Waals surface area contributed by atoms with E-state index in [1.165, 1.54) is 18.0 Å². The zero-order valence-electron chi connectivity index (χ0n) is 14.5. The zero-order valence-corrected chi connectivity index (χ0v) is 16.1. The van der Waals surface area contributed by atoms with Gasteiger partial charge in [0.05, 0.1) is 6.20 Å². The largest absolute Gasteiger partial charge is 0.455 e. The number of halogens is 2. The number of nitrogens with two attached hydrogens (primary N) is 1. The van der Waals surface area contributed by atoms with E-state index in [9.17, 15) is 4.39 Å². The van der Waals surface area contributed by atoms with Crippen LogP contribution in [0, 0.1) is 5.95 Å². The van der Waals surface area contributed by atoms with Gasteiger partial charge in [0.1, 0.15) is 16.4 Å². The summed E-state index contributed by atoms with van der Waals surface area (Å²) in [6, 6.07) is 10.7. The monoisotopic (exact) mass is 412 g/mol. The summed E-state index contributed by atoms with van der Waals surface area (Å²) < 4.78 is 20.3. The highest BCUT2D eigenvalue weighted by Gasteiger charge is 2.44. The number of thioether (sulfide) groups is 1. The highest BCUT2D eigenvalue weighted by atomic mass is 35.5. The number of pyridine rings is 2. The topological polar surface area (TPSA) is 73.4 Å². The minimum atomic E-state index is -0.750. The number of aromatic nitrogens is 2. The lowest BCUT2D eigenvalue weighted by Crippen LogP contribution is -2.35. The normalized spacial score (nSPS) is 20.1. The van der Waals surface area contributed by atoms with Crippen LogP contribution in [0.3, 0.4) is 0 Å². The highest BCUT2D eigenvalue weighted by Crippen LogP contribution is 2.53. The fourth-order valence-electron chi connectivity index (χ4n) is 3.77. The molecule has 0 saturated carbocycles. The van der Waals surface area contributed by atoms with Gasteiger partial charge >= 0.3 is 0 Å². The van der Waals surface area contributed by atoms with Crippen molar-refractivity contribution in [3.63, 3.8) is 0 Å². The van der Waals surface area contributed by atoms with Crippen LogP contribution in [0.5, 0.6) is 11.5 Å². The van der Waals surface area contributed by atoms with Crippen molar-refractivity contribution in [1.29, 1.82) is 0 Å². The number of hydrogen-bond donors (Lipinski definition) is 1. The Morgan fingerprint density at radius 3 is 2.82 bits per heavy atom. The van der Waals surface area contributed by atoms with Crippen molar-refractivity contribution in [2.24, 2.45) is 10.7 Å². The van der Waals surface area contributed by atoms with Crippen molar-refractivity contribution < 1.29 is 9.13 Å². The van der Waals surface area contributed by atoms with Crippen molar-refractivity contribution in [1.82, 2.24) is 9.97 Å². The van der Waals surface area contributed by atoms with Crippen molar-refractivity contribution in [2.75, 3.05) is 5.75 Å². The summed E-state index contributed by atoms with van der Waals surface area (Å²) in [5.74, 6) is 1.51. The summed E-state index contributed by atoms with van der Waals surface area (Å²) in [6.45, 7) is 0. The summed E-state index contributed by atoms with van der Waals surface area (Å²) in [5, 5.41) is 0.850. The first-order valence-corrected chi connectivity index (χ1v) is 10.0. The number of ether oxygens (including phenoxy) is 1. The molecule has 0 amide bonds. The smallest absolute Gasteiger partial charge is 0.220 e. The molecule has 1 atom stereocenters. The minimum Gasteiger partial charge on any atom is -0.455 e. The molecular formula is C20H14ClFN4OS. The van der Waals surface area contributed by atoms with E-state index in [1.807, 2.05) is 18.2 Å².